The van der Waals surface area contributed by atoms with Crippen LogP contribution in [0.15, 0.2) is 6.20 Å². The van der Waals surface area contributed by atoms with Gasteiger partial charge in [0, 0.05) is 0 Å². The molecule has 0 fully saturated rings. The number of thiazole rings is 1. The molecule has 84 valence electrons. The van der Waals surface area contributed by atoms with E-state index in [9.17, 15) is 4.79 Å². The van der Waals surface area contributed by atoms with E-state index in [0.29, 0.717) is 11.4 Å². The van der Waals surface area contributed by atoms with Crippen molar-refractivity contribution in [3.8, 4) is 0 Å². The van der Waals surface area contributed by atoms with Gasteiger partial charge in [0.25, 0.3) is 0 Å². The van der Waals surface area contributed by atoms with Crippen LogP contribution in [0.5, 0.6) is 0 Å². The molecule has 0 spiro atoms. The van der Waals surface area contributed by atoms with Gasteiger partial charge in [-0.05, 0) is 20.8 Å². The Labute approximate surface area is 98.6 Å². The number of hydrogen-bond acceptors (Lipinski definition) is 6. The average Bonchev–Trinajstić information content (AvgIpc) is 2.50. The van der Waals surface area contributed by atoms with Gasteiger partial charge in [0.15, 0.2) is 0 Å². The summed E-state index contributed by atoms with van der Waals surface area (Å²) in [5, 5.41) is 0.811. The molecule has 1 aromatic rings. The van der Waals surface area contributed by atoms with Gasteiger partial charge in [-0.3, -0.25) is 4.72 Å². The molecule has 1 rings (SSSR count). The first-order chi connectivity index (χ1) is 6.92. The lowest BCUT2D eigenvalue weighted by molar-refractivity contribution is 0.00750. The summed E-state index contributed by atoms with van der Waals surface area (Å²) in [7, 11) is 0. The number of carbonyl (C=O) groups is 1. The first-order valence-electron chi connectivity index (χ1n) is 4.47. The van der Waals surface area contributed by atoms with Crippen LogP contribution in [-0.2, 0) is 11.3 Å². The van der Waals surface area contributed by atoms with Crippen LogP contribution in [0, 0.1) is 0 Å². The predicted octanol–water partition coefficient (Wildman–Crippen LogP) is 2.03. The Hall–Kier alpha value is -0.590. The molecule has 0 aromatic carbocycles. The molecule has 0 radical (unpaired) electrons. The highest BCUT2D eigenvalue weighted by Crippen LogP contribution is 2.17. The summed E-state index contributed by atoms with van der Waals surface area (Å²) >= 11 is 5.17. The van der Waals surface area contributed by atoms with E-state index < -0.39 is 5.60 Å². The smallest absolute Gasteiger partial charge is 0.350 e. The Balaban J connectivity index is 2.66. The van der Waals surface area contributed by atoms with Gasteiger partial charge in [-0.2, -0.15) is 0 Å². The highest BCUT2D eigenvalue weighted by molar-refractivity contribution is 7.78. The summed E-state index contributed by atoms with van der Waals surface area (Å²) in [4.78, 5) is 16.2. The molecule has 0 bridgehead atoms. The van der Waals surface area contributed by atoms with Crippen LogP contribution in [0.3, 0.4) is 0 Å². The molecule has 0 saturated heterocycles. The molecular weight excluding hydrogens is 232 g/mol. The van der Waals surface area contributed by atoms with Gasteiger partial charge in [-0.1, -0.05) is 12.8 Å². The highest BCUT2D eigenvalue weighted by Gasteiger charge is 2.19. The second-order valence-corrected chi connectivity index (χ2v) is 5.39. The first-order valence-corrected chi connectivity index (χ1v) is 5.74. The van der Waals surface area contributed by atoms with Crippen LogP contribution in [0.4, 0.5) is 0 Å². The molecule has 0 aliphatic heterocycles. The lowest BCUT2D eigenvalue weighted by atomic mass is 10.2. The summed E-state index contributed by atoms with van der Waals surface area (Å²) in [5.74, 6) is -0.328. The fourth-order valence-electron chi connectivity index (χ4n) is 0.882. The van der Waals surface area contributed by atoms with Gasteiger partial charge in [-0.15, -0.1) is 11.3 Å². The van der Waals surface area contributed by atoms with Gasteiger partial charge in [0.05, 0.1) is 12.7 Å². The van der Waals surface area contributed by atoms with Gasteiger partial charge < -0.3 is 4.74 Å². The first kappa shape index (κ1) is 12.5. The fourth-order valence-corrected chi connectivity index (χ4v) is 1.87. The van der Waals surface area contributed by atoms with E-state index in [1.165, 1.54) is 17.5 Å². The Bertz CT molecular complexity index is 344. The zero-order valence-corrected chi connectivity index (χ0v) is 10.6. The number of thiol groups is 1. The Morgan fingerprint density at radius 3 is 2.87 bits per heavy atom. The van der Waals surface area contributed by atoms with Crippen molar-refractivity contribution in [1.29, 1.82) is 0 Å². The number of ether oxygens (including phenoxy) is 1. The van der Waals surface area contributed by atoms with E-state index in [2.05, 4.69) is 22.5 Å². The minimum Gasteiger partial charge on any atom is -0.456 e. The summed E-state index contributed by atoms with van der Waals surface area (Å²) in [5.41, 5.74) is -0.469. The van der Waals surface area contributed by atoms with Gasteiger partial charge in [0.1, 0.15) is 15.5 Å². The van der Waals surface area contributed by atoms with E-state index in [1.807, 2.05) is 20.8 Å². The maximum Gasteiger partial charge on any atom is 0.350 e. The standard InChI is InChI=1S/C9H14N2O2S2/c1-9(2,3)13-8(12)6-4-10-7(15-6)5-11-14/h4,11,14H,5H2,1-3H3. The molecule has 0 unspecified atom stereocenters. The molecule has 0 saturated carbocycles. The van der Waals surface area contributed by atoms with Crippen LogP contribution in [0.25, 0.3) is 0 Å². The van der Waals surface area contributed by atoms with Crippen molar-refractivity contribution >= 4 is 30.1 Å². The summed E-state index contributed by atoms with van der Waals surface area (Å²) < 4.78 is 7.88. The van der Waals surface area contributed by atoms with Crippen molar-refractivity contribution in [2.45, 2.75) is 32.9 Å². The summed E-state index contributed by atoms with van der Waals surface area (Å²) in [6, 6.07) is 0. The second-order valence-electron chi connectivity index (χ2n) is 3.96. The zero-order chi connectivity index (χ0) is 11.5. The summed E-state index contributed by atoms with van der Waals surface area (Å²) in [6.07, 6.45) is 1.53. The maximum absolute atomic E-state index is 11.6. The van der Waals surface area contributed by atoms with Crippen LogP contribution < -0.4 is 4.72 Å². The van der Waals surface area contributed by atoms with E-state index in [0.717, 1.165) is 5.01 Å². The lowest BCUT2D eigenvalue weighted by Crippen LogP contribution is -2.23. The lowest BCUT2D eigenvalue weighted by Gasteiger charge is -2.18. The largest absolute Gasteiger partial charge is 0.456 e. The van der Waals surface area contributed by atoms with Crippen LogP contribution in [0.1, 0.15) is 35.5 Å². The average molecular weight is 246 g/mol. The van der Waals surface area contributed by atoms with Crippen molar-refractivity contribution < 1.29 is 9.53 Å². The number of nitrogens with one attached hydrogen (secondary N) is 1. The summed E-state index contributed by atoms with van der Waals surface area (Å²) in [6.45, 7) is 6.04. The normalized spacial score (nSPS) is 11.5. The molecule has 0 amide bonds. The number of hydrogen-bond donors (Lipinski definition) is 2. The van der Waals surface area contributed by atoms with Gasteiger partial charge in [0.2, 0.25) is 0 Å². The Kier molecular flexibility index (Phi) is 4.12. The van der Waals surface area contributed by atoms with E-state index >= 15 is 0 Å². The maximum atomic E-state index is 11.6. The van der Waals surface area contributed by atoms with Crippen molar-refractivity contribution in [3.05, 3.63) is 16.1 Å². The van der Waals surface area contributed by atoms with Crippen LogP contribution in [0.2, 0.25) is 0 Å². The highest BCUT2D eigenvalue weighted by atomic mass is 32.1. The van der Waals surface area contributed by atoms with E-state index in [-0.39, 0.29) is 5.97 Å². The monoisotopic (exact) mass is 246 g/mol. The predicted molar refractivity (Wildman–Crippen MR) is 63.1 cm³/mol. The molecule has 15 heavy (non-hydrogen) atoms. The Morgan fingerprint density at radius 2 is 2.33 bits per heavy atom. The third kappa shape index (κ3) is 4.19. The third-order valence-electron chi connectivity index (χ3n) is 1.38. The fraction of sp³-hybridized carbons (Fsp3) is 0.556. The molecule has 1 N–H and O–H groups in total. The zero-order valence-electron chi connectivity index (χ0n) is 8.90. The SMILES string of the molecule is CC(C)(C)OC(=O)c1cnc(CNS)s1. The quantitative estimate of drug-likeness (QED) is 0.633. The molecule has 1 aromatic heterocycles. The topological polar surface area (TPSA) is 51.2 Å². The molecule has 0 aliphatic rings. The molecular formula is C9H14N2O2S2. The van der Waals surface area contributed by atoms with Gasteiger partial charge in [-0.25, -0.2) is 9.78 Å². The minimum atomic E-state index is -0.469. The van der Waals surface area contributed by atoms with E-state index in [1.54, 1.807) is 0 Å². The Morgan fingerprint density at radius 1 is 1.67 bits per heavy atom. The van der Waals surface area contributed by atoms with Crippen molar-refractivity contribution in [2.24, 2.45) is 0 Å². The second kappa shape index (κ2) is 4.96. The molecule has 0 aliphatic carbocycles. The van der Waals surface area contributed by atoms with Crippen molar-refractivity contribution in [1.82, 2.24) is 9.71 Å². The number of esters is 1. The third-order valence-corrected chi connectivity index (χ3v) is 2.52. The van der Waals surface area contributed by atoms with Gasteiger partial charge >= 0.3 is 5.97 Å². The van der Waals surface area contributed by atoms with Crippen LogP contribution >= 0.6 is 24.2 Å². The van der Waals surface area contributed by atoms with Crippen molar-refractivity contribution in [3.63, 3.8) is 0 Å². The molecule has 6 heteroatoms. The van der Waals surface area contributed by atoms with E-state index in [4.69, 9.17) is 4.74 Å². The number of rotatable bonds is 3. The number of aromatic nitrogens is 1. The minimum absolute atomic E-state index is 0.328. The molecule has 0 atom stereocenters. The molecule has 4 nitrogen and oxygen atoms in total. The van der Waals surface area contributed by atoms with Crippen molar-refractivity contribution in [2.75, 3.05) is 0 Å². The van der Waals surface area contributed by atoms with Crippen LogP contribution in [-0.4, -0.2) is 16.6 Å². The molecule has 1 heterocycles. The number of nitrogens with zero attached hydrogens (tertiary/aromatic N) is 1. The number of carbonyl (C=O) groups excluding carboxylic acids is 1.